The topological polar surface area (TPSA) is 63.4 Å². The lowest BCUT2D eigenvalue weighted by atomic mass is 10.1. The molecule has 0 spiro atoms. The lowest BCUT2D eigenvalue weighted by molar-refractivity contribution is 0.0980. The fourth-order valence-electron chi connectivity index (χ4n) is 3.10. The summed E-state index contributed by atoms with van der Waals surface area (Å²) in [7, 11) is 0. The Hall–Kier alpha value is -3.32. The van der Waals surface area contributed by atoms with Crippen molar-refractivity contribution in [2.45, 2.75) is 20.4 Å². The van der Waals surface area contributed by atoms with Gasteiger partial charge in [0.1, 0.15) is 5.82 Å². The van der Waals surface area contributed by atoms with Gasteiger partial charge in [-0.3, -0.25) is 4.79 Å². The molecule has 2 aromatic heterocycles. The third-order valence-corrected chi connectivity index (χ3v) is 4.70. The average molecular weight is 410 g/mol. The second-order valence-electron chi connectivity index (χ2n) is 6.63. The van der Waals surface area contributed by atoms with Crippen molar-refractivity contribution in [2.75, 3.05) is 4.90 Å². The number of rotatable bonds is 4. The SMILES string of the molecule is Cc1cc(C)n2nc(CN(C(=O)c3ccccc3F)c3ccc(Cl)cc3)nc2n1. The van der Waals surface area contributed by atoms with Gasteiger partial charge in [0.05, 0.1) is 12.1 Å². The van der Waals surface area contributed by atoms with E-state index in [9.17, 15) is 9.18 Å². The van der Waals surface area contributed by atoms with Gasteiger partial charge in [0, 0.05) is 22.1 Å². The molecule has 29 heavy (non-hydrogen) atoms. The van der Waals surface area contributed by atoms with Crippen LogP contribution in [0.4, 0.5) is 10.1 Å². The first kappa shape index (κ1) is 19.0. The van der Waals surface area contributed by atoms with E-state index in [4.69, 9.17) is 11.6 Å². The second kappa shape index (κ2) is 7.60. The van der Waals surface area contributed by atoms with Gasteiger partial charge in [-0.25, -0.2) is 13.9 Å². The molecule has 0 unspecified atom stereocenters. The molecule has 0 aliphatic carbocycles. The summed E-state index contributed by atoms with van der Waals surface area (Å²) < 4.78 is 15.9. The lowest BCUT2D eigenvalue weighted by Crippen LogP contribution is -2.31. The molecule has 0 radical (unpaired) electrons. The maximum Gasteiger partial charge on any atom is 0.261 e. The summed E-state index contributed by atoms with van der Waals surface area (Å²) in [6.07, 6.45) is 0. The Bertz CT molecular complexity index is 1210. The van der Waals surface area contributed by atoms with Crippen molar-refractivity contribution >= 4 is 29.0 Å². The van der Waals surface area contributed by atoms with Gasteiger partial charge in [-0.05, 0) is 56.3 Å². The number of carbonyl (C=O) groups excluding carboxylic acids is 1. The molecular weight excluding hydrogens is 393 g/mol. The number of anilines is 1. The van der Waals surface area contributed by atoms with Crippen LogP contribution in [0, 0.1) is 19.7 Å². The van der Waals surface area contributed by atoms with E-state index in [1.165, 1.54) is 17.0 Å². The van der Waals surface area contributed by atoms with Gasteiger partial charge < -0.3 is 4.90 Å². The van der Waals surface area contributed by atoms with Crippen LogP contribution in [0.25, 0.3) is 5.78 Å². The number of nitrogens with zero attached hydrogens (tertiary/aromatic N) is 5. The standard InChI is InChI=1S/C21H17ClFN5O/c1-13-11-14(2)28-21(24-13)25-19(26-28)12-27(16-9-7-15(22)8-10-16)20(29)17-5-3-4-6-18(17)23/h3-11H,12H2,1-2H3. The van der Waals surface area contributed by atoms with Gasteiger partial charge in [-0.1, -0.05) is 23.7 Å². The molecule has 0 bridgehead atoms. The zero-order chi connectivity index (χ0) is 20.5. The summed E-state index contributed by atoms with van der Waals surface area (Å²) in [5.74, 6) is -0.240. The van der Waals surface area contributed by atoms with E-state index in [-0.39, 0.29) is 12.1 Å². The van der Waals surface area contributed by atoms with Gasteiger partial charge in [0.2, 0.25) is 0 Å². The molecule has 0 aliphatic rings. The van der Waals surface area contributed by atoms with Gasteiger partial charge in [0.15, 0.2) is 5.82 Å². The van der Waals surface area contributed by atoms with Crippen LogP contribution in [0.1, 0.15) is 27.6 Å². The number of benzene rings is 2. The molecule has 4 rings (SSSR count). The van der Waals surface area contributed by atoms with Crippen LogP contribution in [0.3, 0.4) is 0 Å². The fourth-order valence-corrected chi connectivity index (χ4v) is 3.22. The highest BCUT2D eigenvalue weighted by Crippen LogP contribution is 2.23. The Morgan fingerprint density at radius 3 is 2.55 bits per heavy atom. The number of halogens is 2. The minimum absolute atomic E-state index is 0.0311. The van der Waals surface area contributed by atoms with E-state index < -0.39 is 11.7 Å². The predicted molar refractivity (Wildman–Crippen MR) is 109 cm³/mol. The third-order valence-electron chi connectivity index (χ3n) is 4.45. The van der Waals surface area contributed by atoms with E-state index >= 15 is 0 Å². The quantitative estimate of drug-likeness (QED) is 0.501. The van der Waals surface area contributed by atoms with Crippen molar-refractivity contribution in [1.82, 2.24) is 19.6 Å². The van der Waals surface area contributed by atoms with E-state index in [0.717, 1.165) is 11.4 Å². The molecule has 0 fully saturated rings. The molecule has 0 N–H and O–H groups in total. The highest BCUT2D eigenvalue weighted by atomic mass is 35.5. The van der Waals surface area contributed by atoms with Gasteiger partial charge in [-0.15, -0.1) is 5.10 Å². The number of carbonyl (C=O) groups is 1. The predicted octanol–water partition coefficient (Wildman–Crippen LogP) is 4.38. The number of aryl methyl sites for hydroxylation is 2. The fraction of sp³-hybridized carbons (Fsp3) is 0.143. The minimum Gasteiger partial charge on any atom is -0.301 e. The van der Waals surface area contributed by atoms with Crippen molar-refractivity contribution in [2.24, 2.45) is 0 Å². The van der Waals surface area contributed by atoms with Crippen LogP contribution in [0.5, 0.6) is 0 Å². The zero-order valence-corrected chi connectivity index (χ0v) is 16.6. The summed E-state index contributed by atoms with van der Waals surface area (Å²) in [4.78, 5) is 23.4. The molecule has 2 aromatic carbocycles. The van der Waals surface area contributed by atoms with E-state index in [2.05, 4.69) is 15.1 Å². The molecular formula is C21H17ClFN5O. The lowest BCUT2D eigenvalue weighted by Gasteiger charge is -2.22. The smallest absolute Gasteiger partial charge is 0.261 e. The van der Waals surface area contributed by atoms with Crippen LogP contribution in [0.15, 0.2) is 54.6 Å². The number of hydrogen-bond donors (Lipinski definition) is 0. The summed E-state index contributed by atoms with van der Waals surface area (Å²) in [5, 5.41) is 5.00. The van der Waals surface area contributed by atoms with Crippen LogP contribution >= 0.6 is 11.6 Å². The highest BCUT2D eigenvalue weighted by molar-refractivity contribution is 6.30. The first-order valence-electron chi connectivity index (χ1n) is 8.94. The summed E-state index contributed by atoms with van der Waals surface area (Å²) in [6.45, 7) is 3.83. The van der Waals surface area contributed by atoms with Crippen molar-refractivity contribution in [3.05, 3.63) is 88.2 Å². The molecule has 4 aromatic rings. The molecule has 2 heterocycles. The summed E-state index contributed by atoms with van der Waals surface area (Å²) >= 11 is 5.98. The second-order valence-corrected chi connectivity index (χ2v) is 7.06. The molecule has 0 saturated carbocycles. The summed E-state index contributed by atoms with van der Waals surface area (Å²) in [6, 6.07) is 14.5. The normalized spacial score (nSPS) is 11.0. The average Bonchev–Trinajstić information content (AvgIpc) is 3.10. The zero-order valence-electron chi connectivity index (χ0n) is 15.8. The highest BCUT2D eigenvalue weighted by Gasteiger charge is 2.23. The van der Waals surface area contributed by atoms with Gasteiger partial charge in [0.25, 0.3) is 11.7 Å². The molecule has 0 saturated heterocycles. The molecule has 1 amide bonds. The minimum atomic E-state index is -0.590. The Kier molecular flexibility index (Phi) is 4.98. The Labute approximate surface area is 171 Å². The molecule has 8 heteroatoms. The number of aromatic nitrogens is 4. The largest absolute Gasteiger partial charge is 0.301 e. The number of amides is 1. The van der Waals surface area contributed by atoms with E-state index in [0.29, 0.717) is 22.3 Å². The molecule has 0 atom stereocenters. The van der Waals surface area contributed by atoms with Crippen molar-refractivity contribution in [3.63, 3.8) is 0 Å². The Balaban J connectivity index is 1.76. The van der Waals surface area contributed by atoms with Crippen molar-refractivity contribution in [1.29, 1.82) is 0 Å². The van der Waals surface area contributed by atoms with Crippen molar-refractivity contribution in [3.8, 4) is 0 Å². The third kappa shape index (κ3) is 3.82. The van der Waals surface area contributed by atoms with Crippen LogP contribution < -0.4 is 4.90 Å². The van der Waals surface area contributed by atoms with Crippen LogP contribution in [-0.2, 0) is 6.54 Å². The maximum absolute atomic E-state index is 14.3. The summed E-state index contributed by atoms with van der Waals surface area (Å²) in [5.41, 5.74) is 2.23. The van der Waals surface area contributed by atoms with E-state index in [1.807, 2.05) is 19.9 Å². The number of hydrogen-bond acceptors (Lipinski definition) is 4. The van der Waals surface area contributed by atoms with E-state index in [1.54, 1.807) is 40.9 Å². The van der Waals surface area contributed by atoms with Crippen molar-refractivity contribution < 1.29 is 9.18 Å². The molecule has 0 aliphatic heterocycles. The monoisotopic (exact) mass is 409 g/mol. The first-order chi connectivity index (χ1) is 13.9. The first-order valence-corrected chi connectivity index (χ1v) is 9.32. The molecule has 6 nitrogen and oxygen atoms in total. The van der Waals surface area contributed by atoms with Crippen LogP contribution in [0.2, 0.25) is 5.02 Å². The maximum atomic E-state index is 14.3. The van der Waals surface area contributed by atoms with Gasteiger partial charge >= 0.3 is 0 Å². The Morgan fingerprint density at radius 2 is 1.83 bits per heavy atom. The Morgan fingerprint density at radius 1 is 1.10 bits per heavy atom. The number of fused-ring (bicyclic) bond motifs is 1. The van der Waals surface area contributed by atoms with Crippen LogP contribution in [-0.4, -0.2) is 25.5 Å². The van der Waals surface area contributed by atoms with Gasteiger partial charge in [-0.2, -0.15) is 4.98 Å². The molecule has 146 valence electrons.